The first-order valence-corrected chi connectivity index (χ1v) is 13.0. The van der Waals surface area contributed by atoms with Crippen molar-refractivity contribution in [3.8, 4) is 0 Å². The summed E-state index contributed by atoms with van der Waals surface area (Å²) in [5.74, 6) is 0.797. The van der Waals surface area contributed by atoms with Crippen LogP contribution in [0.1, 0.15) is 100 Å². The maximum Gasteiger partial charge on any atom is 0.251 e. The van der Waals surface area contributed by atoms with E-state index in [1.807, 2.05) is 19.1 Å². The Kier molecular flexibility index (Phi) is 10.3. The number of unbranched alkanes of at least 4 members (excludes halogenated alkanes) is 9. The van der Waals surface area contributed by atoms with Crippen molar-refractivity contribution in [3.05, 3.63) is 64.9 Å². The number of nitrogens with one attached hydrogen (secondary N) is 1. The molecule has 4 nitrogen and oxygen atoms in total. The average molecular weight is 468 g/mol. The van der Waals surface area contributed by atoms with Crippen LogP contribution in [0.5, 0.6) is 0 Å². The predicted molar refractivity (Wildman–Crippen MR) is 139 cm³/mol. The van der Waals surface area contributed by atoms with Crippen molar-refractivity contribution in [2.75, 3.05) is 0 Å². The second-order valence-electron chi connectivity index (χ2n) is 8.99. The highest BCUT2D eigenvalue weighted by Crippen LogP contribution is 2.23. The summed E-state index contributed by atoms with van der Waals surface area (Å²) in [4.78, 5) is 17.6. The predicted octanol–water partition coefficient (Wildman–Crippen LogP) is 8.10. The van der Waals surface area contributed by atoms with Gasteiger partial charge in [-0.1, -0.05) is 88.4 Å². The molecule has 1 aromatic heterocycles. The number of fused-ring (bicyclic) bond motifs is 1. The molecule has 1 unspecified atom stereocenters. The molecular formula is C28H38ClN3O. The third kappa shape index (κ3) is 7.60. The molecule has 2 aromatic carbocycles. The van der Waals surface area contributed by atoms with E-state index in [2.05, 4.69) is 28.9 Å². The van der Waals surface area contributed by atoms with Crippen LogP contribution < -0.4 is 5.32 Å². The monoisotopic (exact) mass is 467 g/mol. The lowest BCUT2D eigenvalue weighted by Gasteiger charge is -2.16. The molecule has 0 saturated heterocycles. The smallest absolute Gasteiger partial charge is 0.251 e. The number of benzene rings is 2. The summed E-state index contributed by atoms with van der Waals surface area (Å²) in [6, 6.07) is 15.0. The third-order valence-electron chi connectivity index (χ3n) is 6.26. The minimum atomic E-state index is -0.191. The Morgan fingerprint density at radius 3 is 2.18 bits per heavy atom. The number of halogens is 1. The fourth-order valence-electron chi connectivity index (χ4n) is 4.36. The number of imidazole rings is 1. The van der Waals surface area contributed by atoms with Gasteiger partial charge in [-0.05, 0) is 49.7 Å². The van der Waals surface area contributed by atoms with Crippen LogP contribution >= 0.6 is 11.6 Å². The number of rotatable bonds is 14. The average Bonchev–Trinajstić information content (AvgIpc) is 3.19. The highest BCUT2D eigenvalue weighted by atomic mass is 35.5. The summed E-state index contributed by atoms with van der Waals surface area (Å²) in [5, 5.41) is 3.73. The minimum absolute atomic E-state index is 0.114. The molecule has 3 rings (SSSR count). The summed E-state index contributed by atoms with van der Waals surface area (Å²) in [7, 11) is 0. The number of aromatic nitrogens is 2. The van der Waals surface area contributed by atoms with Crippen LogP contribution in [0, 0.1) is 0 Å². The van der Waals surface area contributed by atoms with Crippen molar-refractivity contribution in [1.82, 2.24) is 14.9 Å². The van der Waals surface area contributed by atoms with Gasteiger partial charge in [0.15, 0.2) is 0 Å². The number of nitrogens with zero attached hydrogens (tertiary/aromatic N) is 2. The Labute approximate surface area is 203 Å². The summed E-state index contributed by atoms with van der Waals surface area (Å²) in [6.45, 7) is 5.20. The van der Waals surface area contributed by atoms with E-state index >= 15 is 0 Å². The van der Waals surface area contributed by atoms with Gasteiger partial charge in [-0.25, -0.2) is 4.98 Å². The number of carbonyl (C=O) groups excluding carboxylic acids is 1. The summed E-state index contributed by atoms with van der Waals surface area (Å²) in [6.07, 6.45) is 13.2. The number of amides is 1. The molecule has 0 radical (unpaired) electrons. The van der Waals surface area contributed by atoms with Crippen LogP contribution in [0.25, 0.3) is 11.0 Å². The van der Waals surface area contributed by atoms with E-state index in [-0.39, 0.29) is 11.9 Å². The van der Waals surface area contributed by atoms with Gasteiger partial charge in [0.2, 0.25) is 0 Å². The maximum absolute atomic E-state index is 12.7. The fourth-order valence-corrected chi connectivity index (χ4v) is 4.49. The van der Waals surface area contributed by atoms with Gasteiger partial charge in [-0.2, -0.15) is 0 Å². The van der Waals surface area contributed by atoms with Crippen LogP contribution in [-0.2, 0) is 6.54 Å². The summed E-state index contributed by atoms with van der Waals surface area (Å²) < 4.78 is 2.28. The second kappa shape index (κ2) is 13.4. The molecule has 3 aromatic rings. The molecular weight excluding hydrogens is 430 g/mol. The standard InChI is InChI=1S/C28H38ClN3O/c1-3-4-5-6-7-8-9-10-11-14-21-32-26-16-13-12-15-25(26)31-27(32)22(2)30-28(33)23-17-19-24(29)20-18-23/h12-13,15-20,22H,3-11,14,21H2,1-2H3,(H,30,33). The molecule has 0 aliphatic carbocycles. The van der Waals surface area contributed by atoms with E-state index < -0.39 is 0 Å². The molecule has 5 heteroatoms. The zero-order chi connectivity index (χ0) is 23.5. The van der Waals surface area contributed by atoms with E-state index in [1.54, 1.807) is 24.3 Å². The molecule has 0 fully saturated rings. The Hall–Kier alpha value is -2.33. The Morgan fingerprint density at radius 2 is 1.52 bits per heavy atom. The van der Waals surface area contributed by atoms with E-state index in [0.29, 0.717) is 10.6 Å². The SMILES string of the molecule is CCCCCCCCCCCCn1c(C(C)NC(=O)c2ccc(Cl)cc2)nc2ccccc21. The first-order valence-electron chi connectivity index (χ1n) is 12.6. The largest absolute Gasteiger partial charge is 0.342 e. The molecule has 0 bridgehead atoms. The highest BCUT2D eigenvalue weighted by Gasteiger charge is 2.19. The molecule has 178 valence electrons. The van der Waals surface area contributed by atoms with Gasteiger partial charge in [-0.15, -0.1) is 0 Å². The van der Waals surface area contributed by atoms with E-state index in [1.165, 1.54) is 57.8 Å². The fraction of sp³-hybridized carbons (Fsp3) is 0.500. The molecule has 0 aliphatic rings. The first kappa shape index (κ1) is 25.3. The van der Waals surface area contributed by atoms with Crippen LogP contribution in [0.2, 0.25) is 5.02 Å². The Bertz CT molecular complexity index is 996. The van der Waals surface area contributed by atoms with Crippen molar-refractivity contribution in [2.24, 2.45) is 0 Å². The molecule has 33 heavy (non-hydrogen) atoms. The molecule has 1 atom stereocenters. The van der Waals surface area contributed by atoms with E-state index in [9.17, 15) is 4.79 Å². The van der Waals surface area contributed by atoms with Gasteiger partial charge >= 0.3 is 0 Å². The van der Waals surface area contributed by atoms with Crippen molar-refractivity contribution < 1.29 is 4.79 Å². The number of hydrogen-bond acceptors (Lipinski definition) is 2. The van der Waals surface area contributed by atoms with Crippen molar-refractivity contribution in [1.29, 1.82) is 0 Å². The van der Waals surface area contributed by atoms with Gasteiger partial charge in [0.25, 0.3) is 5.91 Å². The van der Waals surface area contributed by atoms with Crippen LogP contribution in [-0.4, -0.2) is 15.5 Å². The van der Waals surface area contributed by atoms with Gasteiger partial charge in [-0.3, -0.25) is 4.79 Å². The molecule has 0 saturated carbocycles. The van der Waals surface area contributed by atoms with Crippen molar-refractivity contribution in [2.45, 2.75) is 90.6 Å². The quantitative estimate of drug-likeness (QED) is 0.243. The van der Waals surface area contributed by atoms with Crippen molar-refractivity contribution in [3.63, 3.8) is 0 Å². The normalized spacial score (nSPS) is 12.2. The van der Waals surface area contributed by atoms with Gasteiger partial charge < -0.3 is 9.88 Å². The minimum Gasteiger partial charge on any atom is -0.342 e. The van der Waals surface area contributed by atoms with Gasteiger partial charge in [0.05, 0.1) is 17.1 Å². The second-order valence-corrected chi connectivity index (χ2v) is 9.43. The maximum atomic E-state index is 12.7. The lowest BCUT2D eigenvalue weighted by molar-refractivity contribution is 0.0937. The zero-order valence-electron chi connectivity index (χ0n) is 20.2. The molecule has 1 heterocycles. The van der Waals surface area contributed by atoms with Crippen molar-refractivity contribution >= 4 is 28.5 Å². The zero-order valence-corrected chi connectivity index (χ0v) is 20.9. The first-order chi connectivity index (χ1) is 16.1. The van der Waals surface area contributed by atoms with E-state index in [0.717, 1.165) is 29.8 Å². The number of hydrogen-bond donors (Lipinski definition) is 1. The topological polar surface area (TPSA) is 46.9 Å². The summed E-state index contributed by atoms with van der Waals surface area (Å²) >= 11 is 5.95. The van der Waals surface area contributed by atoms with Gasteiger partial charge in [0, 0.05) is 17.1 Å². The Balaban J connectivity index is 1.55. The number of para-hydroxylation sites is 2. The highest BCUT2D eigenvalue weighted by molar-refractivity contribution is 6.30. The summed E-state index contributed by atoms with van der Waals surface area (Å²) in [5.41, 5.74) is 2.71. The molecule has 0 aliphatic heterocycles. The van der Waals surface area contributed by atoms with E-state index in [4.69, 9.17) is 16.6 Å². The van der Waals surface area contributed by atoms with Crippen LogP contribution in [0.15, 0.2) is 48.5 Å². The lowest BCUT2D eigenvalue weighted by atomic mass is 10.1. The number of aryl methyl sites for hydroxylation is 1. The lowest BCUT2D eigenvalue weighted by Crippen LogP contribution is -2.28. The van der Waals surface area contributed by atoms with Gasteiger partial charge in [0.1, 0.15) is 5.82 Å². The molecule has 1 amide bonds. The van der Waals surface area contributed by atoms with Crippen LogP contribution in [0.4, 0.5) is 0 Å². The molecule has 0 spiro atoms. The third-order valence-corrected chi connectivity index (χ3v) is 6.51. The van der Waals surface area contributed by atoms with Crippen LogP contribution in [0.3, 0.4) is 0 Å². The molecule has 1 N–H and O–H groups in total. The number of carbonyl (C=O) groups is 1. The Morgan fingerprint density at radius 1 is 0.909 bits per heavy atom.